The van der Waals surface area contributed by atoms with Gasteiger partial charge in [-0.15, -0.1) is 4.73 Å². The van der Waals surface area contributed by atoms with Crippen LogP contribution < -0.4 is 15.2 Å². The van der Waals surface area contributed by atoms with Crippen molar-refractivity contribution in [3.8, 4) is 28.8 Å². The van der Waals surface area contributed by atoms with Crippen molar-refractivity contribution < 1.29 is 38.2 Å². The third kappa shape index (κ3) is 5.77. The van der Waals surface area contributed by atoms with Crippen LogP contribution in [0.5, 0.6) is 17.5 Å². The summed E-state index contributed by atoms with van der Waals surface area (Å²) < 4.78 is 16.8. The monoisotopic (exact) mass is 583 g/mol. The van der Waals surface area contributed by atoms with Crippen LogP contribution in [0.2, 0.25) is 15.1 Å². The molecule has 3 heterocycles. The molecule has 0 saturated heterocycles. The maximum Gasteiger partial charge on any atom is 0.347 e. The lowest BCUT2D eigenvalue weighted by Gasteiger charge is -2.11. The van der Waals surface area contributed by atoms with Gasteiger partial charge in [-0.1, -0.05) is 41.2 Å². The van der Waals surface area contributed by atoms with Gasteiger partial charge in [-0.05, 0) is 31.0 Å². The standard InChI is InChI=1S/C25H20Cl3NO9/c1-12(30)35-24-21(27)20(26)15-11-14(25(34)37-23(15)22(24)28)16-8-7-13(36-16)5-3-2-4-6-19(33)38-29-17(31)9-10-18(29)32/h7-11,31-32H,2-6H2,1H3. The summed E-state index contributed by atoms with van der Waals surface area (Å²) in [5, 5.41) is 19.0. The van der Waals surface area contributed by atoms with E-state index in [9.17, 15) is 24.6 Å². The van der Waals surface area contributed by atoms with Gasteiger partial charge in [0.1, 0.15) is 27.1 Å². The molecule has 0 bridgehead atoms. The third-order valence-electron chi connectivity index (χ3n) is 5.44. The van der Waals surface area contributed by atoms with Crippen LogP contribution in [0.1, 0.15) is 38.4 Å². The minimum Gasteiger partial charge on any atom is -0.492 e. The molecule has 1 aromatic carbocycles. The van der Waals surface area contributed by atoms with Gasteiger partial charge in [-0.2, -0.15) is 0 Å². The molecule has 0 fully saturated rings. The van der Waals surface area contributed by atoms with E-state index in [2.05, 4.69) is 0 Å². The summed E-state index contributed by atoms with van der Waals surface area (Å²) in [6.45, 7) is 1.16. The van der Waals surface area contributed by atoms with Gasteiger partial charge in [-0.3, -0.25) is 4.79 Å². The lowest BCUT2D eigenvalue weighted by molar-refractivity contribution is -0.145. The van der Waals surface area contributed by atoms with Crippen LogP contribution in [0, 0.1) is 0 Å². The summed E-state index contributed by atoms with van der Waals surface area (Å²) in [7, 11) is 0. The molecule has 4 rings (SSSR count). The molecule has 3 aromatic heterocycles. The molecule has 200 valence electrons. The molecule has 0 radical (unpaired) electrons. The number of furan rings is 1. The third-order valence-corrected chi connectivity index (χ3v) is 6.64. The number of nitrogens with zero attached hydrogens (tertiary/aromatic N) is 1. The van der Waals surface area contributed by atoms with Crippen LogP contribution in [0.25, 0.3) is 22.3 Å². The van der Waals surface area contributed by atoms with E-state index in [1.807, 2.05) is 0 Å². The van der Waals surface area contributed by atoms with Gasteiger partial charge in [0.25, 0.3) is 0 Å². The molecule has 13 heteroatoms. The van der Waals surface area contributed by atoms with Gasteiger partial charge in [0, 0.05) is 37.3 Å². The molecule has 0 saturated carbocycles. The molecule has 0 spiro atoms. The highest BCUT2D eigenvalue weighted by molar-refractivity contribution is 6.49. The van der Waals surface area contributed by atoms with Crippen LogP contribution >= 0.6 is 34.8 Å². The van der Waals surface area contributed by atoms with Crippen LogP contribution in [-0.4, -0.2) is 26.9 Å². The van der Waals surface area contributed by atoms with E-state index in [0.717, 1.165) is 6.92 Å². The summed E-state index contributed by atoms with van der Waals surface area (Å²) >= 11 is 18.8. The number of rotatable bonds is 9. The van der Waals surface area contributed by atoms with Crippen molar-refractivity contribution in [2.45, 2.75) is 39.0 Å². The molecule has 0 unspecified atom stereocenters. The quantitative estimate of drug-likeness (QED) is 0.0807. The van der Waals surface area contributed by atoms with Gasteiger partial charge in [0.15, 0.2) is 11.3 Å². The summed E-state index contributed by atoms with van der Waals surface area (Å²) in [4.78, 5) is 40.9. The van der Waals surface area contributed by atoms with Gasteiger partial charge in [0.2, 0.25) is 11.8 Å². The summed E-state index contributed by atoms with van der Waals surface area (Å²) in [5.41, 5.74) is -0.735. The van der Waals surface area contributed by atoms with Crippen LogP contribution in [0.4, 0.5) is 0 Å². The Kier molecular flexibility index (Phi) is 8.25. The zero-order valence-corrected chi connectivity index (χ0v) is 22.0. The zero-order chi connectivity index (χ0) is 27.6. The molecule has 0 atom stereocenters. The lowest BCUT2D eigenvalue weighted by Crippen LogP contribution is -2.18. The number of benzene rings is 1. The number of carbonyl (C=O) groups is 2. The Morgan fingerprint density at radius 2 is 1.66 bits per heavy atom. The molecule has 0 aliphatic heterocycles. The van der Waals surface area contributed by atoms with Crippen molar-refractivity contribution in [3.63, 3.8) is 0 Å². The number of halogens is 3. The molecule has 38 heavy (non-hydrogen) atoms. The molecule has 10 nitrogen and oxygen atoms in total. The van der Waals surface area contributed by atoms with E-state index in [1.54, 1.807) is 12.1 Å². The Balaban J connectivity index is 1.40. The van der Waals surface area contributed by atoms with Crippen LogP contribution in [0.3, 0.4) is 0 Å². The molecule has 0 amide bonds. The first-order chi connectivity index (χ1) is 18.1. The highest BCUT2D eigenvalue weighted by Gasteiger charge is 2.23. The minimum absolute atomic E-state index is 0.0141. The van der Waals surface area contributed by atoms with Crippen molar-refractivity contribution in [1.82, 2.24) is 4.73 Å². The maximum absolute atomic E-state index is 12.7. The maximum atomic E-state index is 12.7. The lowest BCUT2D eigenvalue weighted by atomic mass is 10.1. The fourth-order valence-corrected chi connectivity index (χ4v) is 4.45. The van der Waals surface area contributed by atoms with Crippen molar-refractivity contribution in [3.05, 3.63) is 61.6 Å². The number of hydrogen-bond acceptors (Lipinski definition) is 9. The number of fused-ring (bicyclic) bond motifs is 1. The molecular weight excluding hydrogens is 565 g/mol. The van der Waals surface area contributed by atoms with Crippen molar-refractivity contribution in [2.24, 2.45) is 0 Å². The Bertz CT molecular complexity index is 1570. The summed E-state index contributed by atoms with van der Waals surface area (Å²) in [6, 6.07) is 7.17. The largest absolute Gasteiger partial charge is 0.492 e. The van der Waals surface area contributed by atoms with Crippen LogP contribution in [0.15, 0.2) is 44.0 Å². The summed E-state index contributed by atoms with van der Waals surface area (Å²) in [5.74, 6) is -1.40. The van der Waals surface area contributed by atoms with E-state index in [1.165, 1.54) is 18.2 Å². The van der Waals surface area contributed by atoms with E-state index >= 15 is 0 Å². The fourth-order valence-electron chi connectivity index (χ4n) is 3.67. The Morgan fingerprint density at radius 1 is 0.947 bits per heavy atom. The smallest absolute Gasteiger partial charge is 0.347 e. The topological polar surface area (TPSA) is 141 Å². The number of aryl methyl sites for hydroxylation is 1. The van der Waals surface area contributed by atoms with Gasteiger partial charge < -0.3 is 28.6 Å². The second kappa shape index (κ2) is 11.4. The van der Waals surface area contributed by atoms with Crippen molar-refractivity contribution in [1.29, 1.82) is 0 Å². The average Bonchev–Trinajstić information content (AvgIpc) is 3.46. The number of hydrogen-bond donors (Lipinski definition) is 2. The van der Waals surface area contributed by atoms with E-state index in [0.29, 0.717) is 36.2 Å². The normalized spacial score (nSPS) is 11.2. The second-order valence-electron chi connectivity index (χ2n) is 8.19. The highest BCUT2D eigenvalue weighted by atomic mass is 35.5. The molecule has 0 aliphatic rings. The SMILES string of the molecule is CC(=O)Oc1c(Cl)c(Cl)c2cc(-c3ccc(CCCCCC(=O)On4c(O)ccc4O)o3)c(=O)oc2c1Cl. The first-order valence-corrected chi connectivity index (χ1v) is 12.4. The number of carbonyl (C=O) groups excluding carboxylic acids is 2. The first-order valence-electron chi connectivity index (χ1n) is 11.3. The molecule has 2 N–H and O–H groups in total. The first kappa shape index (κ1) is 27.4. The van der Waals surface area contributed by atoms with Gasteiger partial charge in [-0.25, -0.2) is 9.59 Å². The Labute approximate surface area is 229 Å². The van der Waals surface area contributed by atoms with E-state index in [4.69, 9.17) is 53.2 Å². The number of esters is 1. The van der Waals surface area contributed by atoms with E-state index < -0.39 is 17.6 Å². The van der Waals surface area contributed by atoms with E-state index in [-0.39, 0.29) is 61.3 Å². The number of ether oxygens (including phenoxy) is 1. The highest BCUT2D eigenvalue weighted by Crippen LogP contribution is 2.45. The summed E-state index contributed by atoms with van der Waals surface area (Å²) in [6.07, 6.45) is 2.49. The number of aromatic hydroxyl groups is 2. The predicted molar refractivity (Wildman–Crippen MR) is 138 cm³/mol. The van der Waals surface area contributed by atoms with Crippen LogP contribution in [-0.2, 0) is 16.0 Å². The average molecular weight is 585 g/mol. The second-order valence-corrected chi connectivity index (χ2v) is 9.32. The Morgan fingerprint density at radius 3 is 2.34 bits per heavy atom. The molecule has 4 aromatic rings. The van der Waals surface area contributed by atoms with Gasteiger partial charge >= 0.3 is 17.6 Å². The van der Waals surface area contributed by atoms with Crippen molar-refractivity contribution in [2.75, 3.05) is 0 Å². The fraction of sp³-hybridized carbons (Fsp3) is 0.240. The molecular formula is C25H20Cl3NO9. The number of aromatic nitrogens is 1. The number of unbranched alkanes of at least 4 members (excludes halogenated alkanes) is 2. The molecule has 0 aliphatic carbocycles. The Hall–Kier alpha value is -3.60. The van der Waals surface area contributed by atoms with Gasteiger partial charge in [0.05, 0.1) is 5.02 Å². The minimum atomic E-state index is -0.745. The zero-order valence-electron chi connectivity index (χ0n) is 19.8. The van der Waals surface area contributed by atoms with Crippen molar-refractivity contribution >= 4 is 57.7 Å². The predicted octanol–water partition coefficient (Wildman–Crippen LogP) is 5.91.